The Bertz CT molecular complexity index is 1430. The van der Waals surface area contributed by atoms with Gasteiger partial charge in [-0.2, -0.15) is 0 Å². The summed E-state index contributed by atoms with van der Waals surface area (Å²) in [6, 6.07) is -0.810. The quantitative estimate of drug-likeness (QED) is 0.0195. The van der Waals surface area contributed by atoms with Crippen LogP contribution in [0.4, 0.5) is 0 Å². The number of amides is 1. The fourth-order valence-electron chi connectivity index (χ4n) is 10.2. The summed E-state index contributed by atoms with van der Waals surface area (Å²) in [6.07, 6.45) is 62.4. The molecule has 1 aliphatic rings. The number of hydrogen-bond acceptors (Lipinski definition) is 10. The normalized spacial score (nSPS) is 18.8. The van der Waals surface area contributed by atoms with E-state index in [0.717, 1.165) is 64.2 Å². The predicted octanol–water partition coefficient (Wildman–Crippen LogP) is 16.0. The van der Waals surface area contributed by atoms with Crippen molar-refractivity contribution in [3.8, 4) is 0 Å². The molecular weight excluding hydrogens is 979 g/mol. The van der Waals surface area contributed by atoms with Crippen LogP contribution in [-0.2, 0) is 23.8 Å². The van der Waals surface area contributed by atoms with Gasteiger partial charge >= 0.3 is 5.97 Å². The summed E-state index contributed by atoms with van der Waals surface area (Å²) in [4.78, 5) is 25.1. The first-order valence-corrected chi connectivity index (χ1v) is 32.9. The van der Waals surface area contributed by atoms with Crippen molar-refractivity contribution in [3.63, 3.8) is 0 Å². The first kappa shape index (κ1) is 73.6. The van der Waals surface area contributed by atoms with Gasteiger partial charge in [-0.15, -0.1) is 0 Å². The number of aliphatic hydroxyl groups is 5. The van der Waals surface area contributed by atoms with Crippen LogP contribution < -0.4 is 5.32 Å². The molecule has 1 saturated heterocycles. The molecule has 0 radical (unpaired) electrons. The Hall–Kier alpha value is -2.38. The molecule has 1 heterocycles. The van der Waals surface area contributed by atoms with Gasteiger partial charge in [-0.25, -0.2) is 0 Å². The van der Waals surface area contributed by atoms with Crippen molar-refractivity contribution in [2.75, 3.05) is 19.8 Å². The largest absolute Gasteiger partial charge is 0.466 e. The molecule has 0 aromatic rings. The minimum atomic E-state index is -1.57. The maximum absolute atomic E-state index is 13.0. The number of unbranched alkanes of at least 4 members (excludes halogenated alkanes) is 37. The Morgan fingerprint density at radius 2 is 0.859 bits per heavy atom. The number of hydrogen-bond donors (Lipinski definition) is 6. The maximum atomic E-state index is 13.0. The Balaban J connectivity index is 1.96. The molecule has 11 heteroatoms. The fraction of sp³-hybridized carbons (Fsp3) is 0.851. The Morgan fingerprint density at radius 3 is 1.33 bits per heavy atom. The predicted molar refractivity (Wildman–Crippen MR) is 324 cm³/mol. The number of rotatable bonds is 57. The molecule has 1 fully saturated rings. The molecule has 1 amide bonds. The van der Waals surface area contributed by atoms with Gasteiger partial charge in [0.05, 0.1) is 32.0 Å². The van der Waals surface area contributed by atoms with Gasteiger partial charge in [0.1, 0.15) is 24.4 Å². The molecule has 0 bridgehead atoms. The van der Waals surface area contributed by atoms with Crippen LogP contribution in [0.5, 0.6) is 0 Å². The van der Waals surface area contributed by atoms with Gasteiger partial charge in [-0.1, -0.05) is 249 Å². The van der Waals surface area contributed by atoms with Crippen LogP contribution in [0, 0.1) is 0 Å². The molecule has 1 rings (SSSR count). The number of ether oxygens (including phenoxy) is 3. The summed E-state index contributed by atoms with van der Waals surface area (Å²) < 4.78 is 16.7. The number of carbonyl (C=O) groups excluding carboxylic acids is 2. The molecule has 1 aliphatic heterocycles. The molecule has 0 aromatic carbocycles. The summed E-state index contributed by atoms with van der Waals surface area (Å²) in [6.45, 7) is 4.29. The molecule has 456 valence electrons. The van der Waals surface area contributed by atoms with Gasteiger partial charge < -0.3 is 45.1 Å². The van der Waals surface area contributed by atoms with Crippen molar-refractivity contribution >= 4 is 11.9 Å². The topological polar surface area (TPSA) is 175 Å². The lowest BCUT2D eigenvalue weighted by Gasteiger charge is -2.40. The van der Waals surface area contributed by atoms with Gasteiger partial charge in [0.25, 0.3) is 0 Å². The van der Waals surface area contributed by atoms with E-state index in [1.54, 1.807) is 6.08 Å². The van der Waals surface area contributed by atoms with Crippen LogP contribution in [0.2, 0.25) is 0 Å². The zero-order chi connectivity index (χ0) is 56.6. The van der Waals surface area contributed by atoms with Crippen LogP contribution in [-0.4, -0.2) is 100 Å². The number of allylic oxidation sites excluding steroid dienone is 7. The lowest BCUT2D eigenvalue weighted by atomic mass is 9.99. The summed E-state index contributed by atoms with van der Waals surface area (Å²) in [5.74, 6) is -0.196. The highest BCUT2D eigenvalue weighted by molar-refractivity contribution is 5.76. The monoisotopic (exact) mass is 1100 g/mol. The van der Waals surface area contributed by atoms with E-state index in [1.807, 2.05) is 6.08 Å². The third kappa shape index (κ3) is 45.3. The molecule has 7 atom stereocenters. The van der Waals surface area contributed by atoms with Gasteiger partial charge in [0, 0.05) is 12.8 Å². The van der Waals surface area contributed by atoms with Crippen LogP contribution in [0.25, 0.3) is 0 Å². The second-order valence-electron chi connectivity index (χ2n) is 22.8. The molecule has 11 nitrogen and oxygen atoms in total. The van der Waals surface area contributed by atoms with Gasteiger partial charge in [-0.3, -0.25) is 9.59 Å². The van der Waals surface area contributed by atoms with E-state index >= 15 is 0 Å². The van der Waals surface area contributed by atoms with E-state index in [2.05, 4.69) is 55.6 Å². The highest BCUT2D eigenvalue weighted by Crippen LogP contribution is 2.23. The lowest BCUT2D eigenvalue weighted by molar-refractivity contribution is -0.302. The molecule has 0 aliphatic carbocycles. The summed E-state index contributed by atoms with van der Waals surface area (Å²) in [5, 5.41) is 54.2. The first-order valence-electron chi connectivity index (χ1n) is 32.9. The number of nitrogens with one attached hydrogen (secondary N) is 1. The lowest BCUT2D eigenvalue weighted by Crippen LogP contribution is -2.60. The van der Waals surface area contributed by atoms with Crippen LogP contribution in [0.15, 0.2) is 48.6 Å². The van der Waals surface area contributed by atoms with Crippen molar-refractivity contribution in [3.05, 3.63) is 48.6 Å². The first-order chi connectivity index (χ1) is 38.2. The Labute approximate surface area is 478 Å². The molecule has 78 heavy (non-hydrogen) atoms. The standard InChI is InChI=1S/C67H123NO10/c1-3-5-7-9-11-13-14-15-28-32-35-39-43-47-51-55-63(72)76-56-52-48-44-40-36-33-30-27-25-23-21-19-17-16-18-20-22-24-26-29-31-34-38-42-46-50-54-62(71)68-59(60(70)53-49-45-41-37-12-10-8-6-4-2)58-77-67-66(75)65(74)64(73)61(57-69)78-67/h11,13,15-16,18,28,49,53,59-61,64-67,69-70,73-75H,3-10,12,14,17,19-27,29-48,50-52,54-58H2,1-2H3,(H,68,71)/b13-11-,18-16-,28-15-,53-49+. The second kappa shape index (κ2) is 56.5. The van der Waals surface area contributed by atoms with Crippen molar-refractivity contribution in [1.82, 2.24) is 5.32 Å². The minimum Gasteiger partial charge on any atom is -0.466 e. The van der Waals surface area contributed by atoms with Gasteiger partial charge in [0.15, 0.2) is 6.29 Å². The van der Waals surface area contributed by atoms with Crippen molar-refractivity contribution < 1.29 is 49.3 Å². The Kier molecular flexibility index (Phi) is 53.3. The van der Waals surface area contributed by atoms with Crippen molar-refractivity contribution in [1.29, 1.82) is 0 Å². The van der Waals surface area contributed by atoms with E-state index in [-0.39, 0.29) is 18.5 Å². The average Bonchev–Trinajstić information content (AvgIpc) is 3.44. The zero-order valence-electron chi connectivity index (χ0n) is 50.4. The number of carbonyl (C=O) groups is 2. The van der Waals surface area contributed by atoms with Gasteiger partial charge in [0.2, 0.25) is 5.91 Å². The summed E-state index contributed by atoms with van der Waals surface area (Å²) in [5.41, 5.74) is 0. The number of aliphatic hydroxyl groups excluding tert-OH is 5. The van der Waals surface area contributed by atoms with Crippen LogP contribution in [0.3, 0.4) is 0 Å². The third-order valence-electron chi connectivity index (χ3n) is 15.4. The van der Waals surface area contributed by atoms with Crippen molar-refractivity contribution in [2.45, 2.75) is 346 Å². The van der Waals surface area contributed by atoms with Crippen LogP contribution >= 0.6 is 0 Å². The Morgan fingerprint density at radius 1 is 0.474 bits per heavy atom. The molecule has 7 unspecified atom stereocenters. The zero-order valence-corrected chi connectivity index (χ0v) is 50.4. The molecule has 6 N–H and O–H groups in total. The smallest absolute Gasteiger partial charge is 0.305 e. The molecule has 0 aromatic heterocycles. The summed E-state index contributed by atoms with van der Waals surface area (Å²) in [7, 11) is 0. The molecular formula is C67H123NO10. The second-order valence-corrected chi connectivity index (χ2v) is 22.8. The van der Waals surface area contributed by atoms with Crippen LogP contribution in [0.1, 0.15) is 303 Å². The maximum Gasteiger partial charge on any atom is 0.305 e. The highest BCUT2D eigenvalue weighted by Gasteiger charge is 2.44. The molecule has 0 saturated carbocycles. The highest BCUT2D eigenvalue weighted by atomic mass is 16.7. The average molecular weight is 1100 g/mol. The molecule has 0 spiro atoms. The number of esters is 1. The van der Waals surface area contributed by atoms with Gasteiger partial charge in [-0.05, 0) is 89.9 Å². The van der Waals surface area contributed by atoms with E-state index in [1.165, 1.54) is 212 Å². The minimum absolute atomic E-state index is 0.0101. The SMILES string of the molecule is CCCCC/C=C\C/C=C\CCCCCCCC(=O)OCCCCCCCCCCCCCC/C=C\CCCCCCCCCCCCC(=O)NC(COC1OC(CO)C(O)C(O)C1O)C(O)/C=C/CCCCCCCCC. The fourth-order valence-corrected chi connectivity index (χ4v) is 10.2. The van der Waals surface area contributed by atoms with E-state index < -0.39 is 49.5 Å². The van der Waals surface area contributed by atoms with Crippen molar-refractivity contribution in [2.24, 2.45) is 0 Å². The van der Waals surface area contributed by atoms with E-state index in [0.29, 0.717) is 19.4 Å². The van der Waals surface area contributed by atoms with E-state index in [9.17, 15) is 35.1 Å². The third-order valence-corrected chi connectivity index (χ3v) is 15.4. The van der Waals surface area contributed by atoms with E-state index in [4.69, 9.17) is 14.2 Å². The summed E-state index contributed by atoms with van der Waals surface area (Å²) >= 11 is 0.